The van der Waals surface area contributed by atoms with E-state index in [-0.39, 0.29) is 52.9 Å². The minimum absolute atomic E-state index is 0.131. The van der Waals surface area contributed by atoms with Gasteiger partial charge in [0.05, 0.1) is 36.5 Å². The molecule has 12 aromatic rings. The molecule has 12 rings (SSSR count). The topological polar surface area (TPSA) is 143 Å². The van der Waals surface area contributed by atoms with Gasteiger partial charge in [0.2, 0.25) is 0 Å². The van der Waals surface area contributed by atoms with E-state index in [1.54, 1.807) is 12.1 Å². The average Bonchev–Trinajstić information content (AvgIpc) is 3.54. The normalized spacial score (nSPS) is 11.2. The molecule has 10 nitrogen and oxygen atoms in total. The Morgan fingerprint density at radius 2 is 0.500 bits per heavy atom. The van der Waals surface area contributed by atoms with Gasteiger partial charge in [-0.3, -0.25) is 0 Å². The molecule has 0 heterocycles. The fraction of sp³-hybridized carbons (Fsp3) is 0.114. The second-order valence-corrected chi connectivity index (χ2v) is 19.2. The first kappa shape index (κ1) is 50.7. The molecule has 10 heteroatoms. The van der Waals surface area contributed by atoms with Crippen molar-refractivity contribution in [3.05, 3.63) is 217 Å². The van der Waals surface area contributed by atoms with Crippen LogP contribution in [0.15, 0.2) is 206 Å². The molecule has 0 fully saturated rings. The molecule has 0 amide bonds. The summed E-state index contributed by atoms with van der Waals surface area (Å²) in [5.41, 5.74) is 5.99. The van der Waals surface area contributed by atoms with E-state index in [0.717, 1.165) is 98.0 Å². The van der Waals surface area contributed by atoms with Gasteiger partial charge in [0.15, 0.2) is 0 Å². The van der Waals surface area contributed by atoms with E-state index in [0.29, 0.717) is 45.6 Å². The smallest absolute Gasteiger partial charge is 0.128 e. The number of hydrogen-bond acceptors (Lipinski definition) is 10. The van der Waals surface area contributed by atoms with Gasteiger partial charge < -0.3 is 38.6 Å². The zero-order chi connectivity index (χ0) is 54.4. The summed E-state index contributed by atoms with van der Waals surface area (Å²) in [6.45, 7) is 0.624. The summed E-state index contributed by atoms with van der Waals surface area (Å²) < 4.78 is 39.7. The monoisotopic (exact) mass is 1050 g/mol. The molecule has 0 atom stereocenters. The van der Waals surface area contributed by atoms with Crippen molar-refractivity contribution in [3.63, 3.8) is 0 Å². The van der Waals surface area contributed by atoms with Crippen LogP contribution in [0.4, 0.5) is 0 Å². The van der Waals surface area contributed by atoms with E-state index in [1.807, 2.05) is 146 Å². The highest BCUT2D eigenvalue weighted by atomic mass is 16.5. The predicted octanol–water partition coefficient (Wildman–Crippen LogP) is 15.0. The van der Waals surface area contributed by atoms with Crippen molar-refractivity contribution in [3.8, 4) is 80.0 Å². The minimum atomic E-state index is -0.134. The number of aliphatic hydroxyl groups is 2. The Kier molecular flexibility index (Phi) is 14.5. The summed E-state index contributed by atoms with van der Waals surface area (Å²) in [7, 11) is 0. The van der Waals surface area contributed by atoms with Crippen LogP contribution in [0.3, 0.4) is 0 Å². The maximum Gasteiger partial charge on any atom is 0.128 e. The molecule has 0 unspecified atom stereocenters. The largest absolute Gasteiger partial charge is 0.491 e. The van der Waals surface area contributed by atoms with Crippen LogP contribution in [0.5, 0.6) is 34.5 Å². The second kappa shape index (κ2) is 22.9. The van der Waals surface area contributed by atoms with E-state index in [9.17, 15) is 20.7 Å². The van der Waals surface area contributed by atoms with E-state index in [2.05, 4.69) is 60.7 Å². The zero-order valence-corrected chi connectivity index (χ0v) is 43.5. The van der Waals surface area contributed by atoms with Crippen LogP contribution in [0, 0.1) is 22.7 Å². The van der Waals surface area contributed by atoms with Crippen molar-refractivity contribution in [2.75, 3.05) is 52.9 Å². The van der Waals surface area contributed by atoms with Gasteiger partial charge in [0.25, 0.3) is 0 Å². The van der Waals surface area contributed by atoms with Gasteiger partial charge in [0.1, 0.15) is 74.1 Å². The molecule has 12 aromatic carbocycles. The minimum Gasteiger partial charge on any atom is -0.491 e. The van der Waals surface area contributed by atoms with E-state index < -0.39 is 0 Å². The van der Waals surface area contributed by atoms with Gasteiger partial charge in [-0.15, -0.1) is 0 Å². The molecule has 0 saturated carbocycles. The first-order chi connectivity index (χ1) is 39.5. The summed E-state index contributed by atoms with van der Waals surface area (Å²) in [5, 5.41) is 51.1. The number of ether oxygens (including phenoxy) is 6. The second-order valence-electron chi connectivity index (χ2n) is 19.2. The Hall–Kier alpha value is -10.1. The lowest BCUT2D eigenvalue weighted by molar-refractivity contribution is 0.202. The number of aliphatic hydroxyl groups excluding tert-OH is 2. The van der Waals surface area contributed by atoms with E-state index in [4.69, 9.17) is 28.4 Å². The zero-order valence-electron chi connectivity index (χ0n) is 43.5. The first-order valence-electron chi connectivity index (χ1n) is 26.5. The molecular weight excluding hydrogens is 997 g/mol. The lowest BCUT2D eigenvalue weighted by Gasteiger charge is -2.21. The highest BCUT2D eigenvalue weighted by molar-refractivity contribution is 6.12. The number of benzene rings is 12. The molecule has 0 saturated heterocycles. The van der Waals surface area contributed by atoms with Crippen molar-refractivity contribution in [2.24, 2.45) is 0 Å². The SMILES string of the molecule is N#Cc1ccc2c(-c3c(OCCOc4ccc5ccccc5c4-c4c(OCCO)ccc5ccccc45)ccc4cc(C#N)ccc34)c(OCCOc3ccc4ccccc4c3-c3c(OCCO)ccc4ccccc34)ccc2c1. The standard InChI is InChI=1S/C70H52N2O8/c71-43-45-17-25-57-51(41-45)23-31-63(79-39-37-77-61-29-21-49-11-3-7-15-55(49)67(61)65-53-13-5-1-9-47(53)19-27-59(65)75-35-33-73)69(57)70-58-26-18-46(44-72)42-52(58)24-32-64(70)80-40-38-78-62-30-22-50-12-4-8-16-56(50)68(62)66-54-14-6-2-10-48(54)20-28-60(66)76-36-34-74/h1-32,41-42,73-74H,33-40H2. The molecule has 0 aliphatic rings. The Labute approximate surface area is 462 Å². The van der Waals surface area contributed by atoms with Crippen molar-refractivity contribution in [1.82, 2.24) is 0 Å². The summed E-state index contributed by atoms with van der Waals surface area (Å²) >= 11 is 0. The molecule has 0 aliphatic heterocycles. The molecule has 0 spiro atoms. The van der Waals surface area contributed by atoms with Crippen LogP contribution >= 0.6 is 0 Å². The third-order valence-corrected chi connectivity index (χ3v) is 14.4. The quantitative estimate of drug-likeness (QED) is 0.0751. The molecule has 0 bridgehead atoms. The molecule has 0 aromatic heterocycles. The van der Waals surface area contributed by atoms with Crippen LogP contribution in [0.25, 0.3) is 98.0 Å². The van der Waals surface area contributed by atoms with Crippen LogP contribution in [-0.4, -0.2) is 63.1 Å². The number of nitrogens with zero attached hydrogens (tertiary/aromatic N) is 2. The van der Waals surface area contributed by atoms with Crippen LogP contribution in [0.2, 0.25) is 0 Å². The third-order valence-electron chi connectivity index (χ3n) is 14.4. The Balaban J connectivity index is 0.897. The van der Waals surface area contributed by atoms with Crippen molar-refractivity contribution >= 4 is 64.6 Å². The molecule has 80 heavy (non-hydrogen) atoms. The number of nitriles is 2. The Morgan fingerprint density at radius 3 is 0.762 bits per heavy atom. The van der Waals surface area contributed by atoms with Gasteiger partial charge in [-0.25, -0.2) is 0 Å². The number of fused-ring (bicyclic) bond motifs is 6. The number of rotatable bonds is 19. The Morgan fingerprint density at radius 1 is 0.263 bits per heavy atom. The molecule has 2 N–H and O–H groups in total. The summed E-state index contributed by atoms with van der Waals surface area (Å²) in [4.78, 5) is 0. The van der Waals surface area contributed by atoms with E-state index in [1.165, 1.54) is 0 Å². The third kappa shape index (κ3) is 9.82. The van der Waals surface area contributed by atoms with Gasteiger partial charge in [-0.05, 0) is 125 Å². The van der Waals surface area contributed by atoms with Gasteiger partial charge in [-0.2, -0.15) is 10.5 Å². The van der Waals surface area contributed by atoms with Crippen molar-refractivity contribution in [2.45, 2.75) is 0 Å². The predicted molar refractivity (Wildman–Crippen MR) is 317 cm³/mol. The average molecular weight is 1050 g/mol. The lowest BCUT2D eigenvalue weighted by atomic mass is 9.91. The molecular formula is C70H52N2O8. The maximum atomic E-state index is 10.0. The van der Waals surface area contributed by atoms with Crippen molar-refractivity contribution in [1.29, 1.82) is 10.5 Å². The number of hydrogen-bond donors (Lipinski definition) is 2. The lowest BCUT2D eigenvalue weighted by Crippen LogP contribution is -2.12. The summed E-state index contributed by atoms with van der Waals surface area (Å²) in [5.74, 6) is 3.68. The first-order valence-corrected chi connectivity index (χ1v) is 26.5. The van der Waals surface area contributed by atoms with Crippen LogP contribution in [0.1, 0.15) is 11.1 Å². The summed E-state index contributed by atoms with van der Waals surface area (Å²) in [6.07, 6.45) is 0. The van der Waals surface area contributed by atoms with Gasteiger partial charge in [-0.1, -0.05) is 146 Å². The molecule has 0 aliphatic carbocycles. The van der Waals surface area contributed by atoms with E-state index >= 15 is 0 Å². The fourth-order valence-electron chi connectivity index (χ4n) is 11.0. The van der Waals surface area contributed by atoms with Crippen LogP contribution in [-0.2, 0) is 0 Å². The highest BCUT2D eigenvalue weighted by Crippen LogP contribution is 2.49. The molecule has 0 radical (unpaired) electrons. The van der Waals surface area contributed by atoms with Crippen LogP contribution < -0.4 is 28.4 Å². The van der Waals surface area contributed by atoms with Crippen molar-refractivity contribution < 1.29 is 38.6 Å². The molecule has 390 valence electrons. The maximum absolute atomic E-state index is 10.0. The van der Waals surface area contributed by atoms with Gasteiger partial charge >= 0.3 is 0 Å². The van der Waals surface area contributed by atoms with Gasteiger partial charge in [0, 0.05) is 33.4 Å². The Bertz CT molecular complexity index is 4130. The fourth-order valence-corrected chi connectivity index (χ4v) is 11.0. The highest BCUT2D eigenvalue weighted by Gasteiger charge is 2.24. The summed E-state index contributed by atoms with van der Waals surface area (Å²) in [6, 6.07) is 72.3.